The van der Waals surface area contributed by atoms with Crippen molar-refractivity contribution < 1.29 is 32.3 Å². The van der Waals surface area contributed by atoms with E-state index in [0.717, 1.165) is 6.54 Å². The molecule has 0 unspecified atom stereocenters. The molecule has 3 rings (SSSR count). The summed E-state index contributed by atoms with van der Waals surface area (Å²) in [5, 5.41) is 9.26. The van der Waals surface area contributed by atoms with E-state index >= 15 is 0 Å². The van der Waals surface area contributed by atoms with Gasteiger partial charge in [0.2, 0.25) is 0 Å². The molecular formula is C23H30ClFN2O6S. The molecule has 2 aromatic carbocycles. The van der Waals surface area contributed by atoms with E-state index in [0.29, 0.717) is 30.8 Å². The number of hydroxylamine groups is 1. The van der Waals surface area contributed by atoms with Gasteiger partial charge in [-0.25, -0.2) is 18.3 Å². The van der Waals surface area contributed by atoms with Crippen molar-refractivity contribution in [1.82, 2.24) is 10.4 Å². The molecule has 188 valence electrons. The summed E-state index contributed by atoms with van der Waals surface area (Å²) in [5.41, 5.74) is 2.71. The zero-order chi connectivity index (χ0) is 24.1. The van der Waals surface area contributed by atoms with E-state index in [1.807, 2.05) is 6.92 Å². The predicted molar refractivity (Wildman–Crippen MR) is 128 cm³/mol. The smallest absolute Gasteiger partial charge is 0.265 e. The maximum Gasteiger partial charge on any atom is 0.265 e. The molecule has 1 heterocycles. The first-order chi connectivity index (χ1) is 15.8. The number of nitrogens with one attached hydrogen (secondary N) is 1. The number of sulfone groups is 1. The number of hydrogen-bond acceptors (Lipinski definition) is 7. The van der Waals surface area contributed by atoms with E-state index in [2.05, 4.69) is 4.90 Å². The van der Waals surface area contributed by atoms with Gasteiger partial charge < -0.3 is 14.4 Å². The van der Waals surface area contributed by atoms with Crippen LogP contribution in [0.2, 0.25) is 0 Å². The number of halogens is 2. The van der Waals surface area contributed by atoms with Gasteiger partial charge in [-0.15, -0.1) is 12.4 Å². The summed E-state index contributed by atoms with van der Waals surface area (Å²) in [6.07, 6.45) is 0.153. The maximum atomic E-state index is 14.4. The molecule has 11 heteroatoms. The van der Waals surface area contributed by atoms with E-state index in [4.69, 9.17) is 9.47 Å². The van der Waals surface area contributed by atoms with Crippen molar-refractivity contribution in [2.24, 2.45) is 0 Å². The molecule has 2 aromatic rings. The molecule has 0 aliphatic carbocycles. The SMILES string of the molecule is CCN1CCC(C(=O)NO)(S(=O)(=O)c2ccc(-c3ccc(OCCOC)c(F)c3)cc2)CC1.Cl. The normalized spacial score (nSPS) is 15.9. The lowest BCUT2D eigenvalue weighted by Gasteiger charge is -2.39. The van der Waals surface area contributed by atoms with Crippen LogP contribution >= 0.6 is 12.4 Å². The second-order valence-electron chi connectivity index (χ2n) is 7.88. The number of nitrogens with zero attached hydrogens (tertiary/aromatic N) is 1. The second kappa shape index (κ2) is 11.9. The number of rotatable bonds is 9. The van der Waals surface area contributed by atoms with Crippen molar-refractivity contribution in [3.63, 3.8) is 0 Å². The Kier molecular flexibility index (Phi) is 9.84. The van der Waals surface area contributed by atoms with E-state index < -0.39 is 26.3 Å². The largest absolute Gasteiger partial charge is 0.488 e. The first kappa shape index (κ1) is 28.0. The molecule has 2 N–H and O–H groups in total. The molecular weight excluding hydrogens is 487 g/mol. The number of piperidine rings is 1. The van der Waals surface area contributed by atoms with Crippen molar-refractivity contribution in [3.05, 3.63) is 48.3 Å². The minimum Gasteiger partial charge on any atom is -0.488 e. The predicted octanol–water partition coefficient (Wildman–Crippen LogP) is 3.07. The van der Waals surface area contributed by atoms with Gasteiger partial charge in [-0.05, 0) is 54.8 Å². The van der Waals surface area contributed by atoms with Gasteiger partial charge in [-0.2, -0.15) is 0 Å². The molecule has 1 saturated heterocycles. The number of carbonyl (C=O) groups is 1. The Morgan fingerprint density at radius 3 is 2.26 bits per heavy atom. The van der Waals surface area contributed by atoms with Crippen molar-refractivity contribution in [2.45, 2.75) is 29.4 Å². The summed E-state index contributed by atoms with van der Waals surface area (Å²) >= 11 is 0. The zero-order valence-corrected chi connectivity index (χ0v) is 20.8. The first-order valence-corrected chi connectivity index (χ1v) is 12.2. The fourth-order valence-electron chi connectivity index (χ4n) is 4.03. The van der Waals surface area contributed by atoms with E-state index in [1.165, 1.54) is 31.4 Å². The summed E-state index contributed by atoms with van der Waals surface area (Å²) in [6, 6.07) is 10.4. The van der Waals surface area contributed by atoms with Crippen LogP contribution in [-0.2, 0) is 19.4 Å². The van der Waals surface area contributed by atoms with Crippen LogP contribution in [-0.4, -0.2) is 69.1 Å². The van der Waals surface area contributed by atoms with Gasteiger partial charge in [0.05, 0.1) is 11.5 Å². The Hall–Kier alpha value is -2.24. The minimum atomic E-state index is -4.10. The van der Waals surface area contributed by atoms with E-state index in [9.17, 15) is 22.8 Å². The fraction of sp³-hybridized carbons (Fsp3) is 0.435. The van der Waals surface area contributed by atoms with Crippen LogP contribution in [0.3, 0.4) is 0 Å². The van der Waals surface area contributed by atoms with Crippen molar-refractivity contribution in [3.8, 4) is 16.9 Å². The Labute approximate surface area is 205 Å². The number of benzene rings is 2. The summed E-state index contributed by atoms with van der Waals surface area (Å²) in [6.45, 7) is 4.13. The summed E-state index contributed by atoms with van der Waals surface area (Å²) in [4.78, 5) is 14.6. The number of hydrogen-bond donors (Lipinski definition) is 2. The molecule has 0 bridgehead atoms. The van der Waals surface area contributed by atoms with Crippen LogP contribution in [0, 0.1) is 5.82 Å². The lowest BCUT2D eigenvalue weighted by molar-refractivity contribution is -0.133. The van der Waals surface area contributed by atoms with Gasteiger partial charge in [0.15, 0.2) is 26.2 Å². The number of methoxy groups -OCH3 is 1. The first-order valence-electron chi connectivity index (χ1n) is 10.7. The average molecular weight is 517 g/mol. The zero-order valence-electron chi connectivity index (χ0n) is 19.1. The fourth-order valence-corrected chi connectivity index (χ4v) is 5.99. The number of amides is 1. The number of carbonyl (C=O) groups excluding carboxylic acids is 1. The van der Waals surface area contributed by atoms with Crippen molar-refractivity contribution >= 4 is 28.2 Å². The van der Waals surface area contributed by atoms with Gasteiger partial charge in [0.1, 0.15) is 6.61 Å². The van der Waals surface area contributed by atoms with Crippen LogP contribution in [0.25, 0.3) is 11.1 Å². The summed E-state index contributed by atoms with van der Waals surface area (Å²) in [7, 11) is -2.57. The lowest BCUT2D eigenvalue weighted by Crippen LogP contribution is -2.57. The average Bonchev–Trinajstić information content (AvgIpc) is 2.84. The van der Waals surface area contributed by atoms with Gasteiger partial charge in [-0.1, -0.05) is 25.1 Å². The molecule has 1 amide bonds. The van der Waals surface area contributed by atoms with Gasteiger partial charge >= 0.3 is 0 Å². The number of ether oxygens (including phenoxy) is 2. The molecule has 0 spiro atoms. The highest BCUT2D eigenvalue weighted by molar-refractivity contribution is 7.93. The molecule has 1 aliphatic heterocycles. The Morgan fingerprint density at radius 1 is 1.12 bits per heavy atom. The lowest BCUT2D eigenvalue weighted by atomic mass is 9.95. The highest BCUT2D eigenvalue weighted by atomic mass is 35.5. The molecule has 0 radical (unpaired) electrons. The van der Waals surface area contributed by atoms with Gasteiger partial charge in [0.25, 0.3) is 5.91 Å². The molecule has 0 aromatic heterocycles. The van der Waals surface area contributed by atoms with Crippen molar-refractivity contribution in [2.75, 3.05) is 40.0 Å². The van der Waals surface area contributed by atoms with Gasteiger partial charge in [-0.3, -0.25) is 10.0 Å². The molecule has 1 fully saturated rings. The molecule has 1 aliphatic rings. The van der Waals surface area contributed by atoms with Crippen LogP contribution in [0.15, 0.2) is 47.4 Å². The molecule has 34 heavy (non-hydrogen) atoms. The second-order valence-corrected chi connectivity index (χ2v) is 10.1. The van der Waals surface area contributed by atoms with Crippen LogP contribution < -0.4 is 10.2 Å². The van der Waals surface area contributed by atoms with E-state index in [1.54, 1.807) is 23.7 Å². The van der Waals surface area contributed by atoms with Crippen molar-refractivity contribution in [1.29, 1.82) is 0 Å². The minimum absolute atomic E-state index is 0. The Morgan fingerprint density at radius 2 is 1.74 bits per heavy atom. The molecule has 8 nitrogen and oxygen atoms in total. The summed E-state index contributed by atoms with van der Waals surface area (Å²) < 4.78 is 49.8. The highest BCUT2D eigenvalue weighted by Gasteiger charge is 2.52. The van der Waals surface area contributed by atoms with E-state index in [-0.39, 0.29) is 42.5 Å². The third kappa shape index (κ3) is 5.52. The summed E-state index contributed by atoms with van der Waals surface area (Å²) in [5.74, 6) is -1.36. The molecule has 0 atom stereocenters. The maximum absolute atomic E-state index is 14.4. The monoisotopic (exact) mass is 516 g/mol. The third-order valence-electron chi connectivity index (χ3n) is 6.12. The van der Waals surface area contributed by atoms with Crippen LogP contribution in [0.5, 0.6) is 5.75 Å². The molecule has 0 saturated carbocycles. The highest BCUT2D eigenvalue weighted by Crippen LogP contribution is 2.37. The Balaban J connectivity index is 0.00000408. The standard InChI is InChI=1S/C23H29FN2O6S.ClH/c1-3-26-12-10-23(11-13-26,22(27)25-28)33(29,30)19-7-4-17(5-8-19)18-6-9-21(20(24)16-18)32-15-14-31-2;/h4-9,16,28H,3,10-15H2,1-2H3,(H,25,27);1H. The van der Waals surface area contributed by atoms with Gasteiger partial charge in [0, 0.05) is 20.2 Å². The topological polar surface area (TPSA) is 105 Å². The Bertz CT molecular complexity index is 1070. The van der Waals surface area contributed by atoms with Crippen LogP contribution in [0.4, 0.5) is 4.39 Å². The quantitative estimate of drug-likeness (QED) is 0.300. The third-order valence-corrected chi connectivity index (χ3v) is 8.63. The number of likely N-dealkylation sites (tertiary alicyclic amines) is 1. The van der Waals surface area contributed by atoms with Crippen LogP contribution in [0.1, 0.15) is 19.8 Å².